The fourth-order valence-electron chi connectivity index (χ4n) is 1.59. The number of aryl methyl sites for hydroxylation is 1. The van der Waals surface area contributed by atoms with Crippen molar-refractivity contribution in [3.05, 3.63) is 23.4 Å². The predicted molar refractivity (Wildman–Crippen MR) is 76.4 cm³/mol. The summed E-state index contributed by atoms with van der Waals surface area (Å²) in [6, 6.07) is 3.93. The van der Waals surface area contributed by atoms with Gasteiger partial charge in [-0.2, -0.15) is 11.8 Å². The number of nitrogens with one attached hydrogen (secondary N) is 1. The Bertz CT molecular complexity index is 410. The largest absolute Gasteiger partial charge is 0.465 e. The molecule has 0 saturated heterocycles. The van der Waals surface area contributed by atoms with Crippen molar-refractivity contribution < 1.29 is 9.53 Å². The summed E-state index contributed by atoms with van der Waals surface area (Å²) in [5, 5.41) is 3.33. The van der Waals surface area contributed by atoms with Gasteiger partial charge in [0.25, 0.3) is 0 Å². The molecular weight excluding hydrogens is 248 g/mol. The maximum absolute atomic E-state index is 11.4. The number of ether oxygens (including phenoxy) is 1. The fourth-order valence-corrected chi connectivity index (χ4v) is 2.18. The molecule has 0 radical (unpaired) electrons. The molecule has 0 saturated carbocycles. The lowest BCUT2D eigenvalue weighted by atomic mass is 10.2. The molecule has 100 valence electrons. The number of esters is 1. The van der Waals surface area contributed by atoms with E-state index in [4.69, 9.17) is 0 Å². The molecule has 1 heterocycles. The molecule has 0 aromatic carbocycles. The minimum Gasteiger partial charge on any atom is -0.465 e. The van der Waals surface area contributed by atoms with Gasteiger partial charge in [-0.1, -0.05) is 0 Å². The zero-order valence-electron chi connectivity index (χ0n) is 11.3. The first-order valence-corrected chi connectivity index (χ1v) is 7.29. The first-order chi connectivity index (χ1) is 8.58. The number of pyridine rings is 1. The van der Waals surface area contributed by atoms with Crippen LogP contribution in [0.4, 0.5) is 5.82 Å². The molecule has 1 N–H and O–H groups in total. The number of carbonyl (C=O) groups is 1. The Morgan fingerprint density at radius 3 is 2.83 bits per heavy atom. The van der Waals surface area contributed by atoms with Crippen LogP contribution in [-0.2, 0) is 4.74 Å². The Morgan fingerprint density at radius 2 is 2.28 bits per heavy atom. The number of carbonyl (C=O) groups excluding carboxylic acids is 1. The topological polar surface area (TPSA) is 51.2 Å². The van der Waals surface area contributed by atoms with Crippen LogP contribution in [0.5, 0.6) is 0 Å². The number of anilines is 1. The molecule has 1 rings (SSSR count). The second-order valence-corrected chi connectivity index (χ2v) is 5.13. The quantitative estimate of drug-likeness (QED) is 0.804. The van der Waals surface area contributed by atoms with Crippen LogP contribution < -0.4 is 5.32 Å². The maximum atomic E-state index is 11.4. The number of aromatic nitrogens is 1. The van der Waals surface area contributed by atoms with Crippen LogP contribution >= 0.6 is 11.8 Å². The Balaban J connectivity index is 2.69. The van der Waals surface area contributed by atoms with Gasteiger partial charge in [0, 0.05) is 6.04 Å². The molecule has 18 heavy (non-hydrogen) atoms. The number of methoxy groups -OCH3 is 1. The first-order valence-electron chi connectivity index (χ1n) is 5.90. The second kappa shape index (κ2) is 7.26. The summed E-state index contributed by atoms with van der Waals surface area (Å²) >= 11 is 1.83. The highest BCUT2D eigenvalue weighted by Crippen LogP contribution is 2.13. The van der Waals surface area contributed by atoms with Gasteiger partial charge < -0.3 is 10.1 Å². The number of thioether (sulfide) groups is 1. The van der Waals surface area contributed by atoms with E-state index in [1.54, 1.807) is 6.07 Å². The van der Waals surface area contributed by atoms with Gasteiger partial charge in [-0.25, -0.2) is 9.78 Å². The summed E-state index contributed by atoms with van der Waals surface area (Å²) in [7, 11) is 1.37. The standard InChI is InChI=1S/C13H20N2O2S/c1-9(7-8-18-4)14-12-6-5-11(10(2)15-12)13(16)17-3/h5-6,9H,7-8H2,1-4H3,(H,14,15). The Morgan fingerprint density at radius 1 is 1.56 bits per heavy atom. The predicted octanol–water partition coefficient (Wildman–Crippen LogP) is 2.73. The van der Waals surface area contributed by atoms with E-state index in [0.29, 0.717) is 17.3 Å². The molecule has 5 heteroatoms. The zero-order chi connectivity index (χ0) is 13.5. The zero-order valence-corrected chi connectivity index (χ0v) is 12.1. The lowest BCUT2D eigenvalue weighted by Gasteiger charge is -2.14. The molecule has 0 bridgehead atoms. The van der Waals surface area contributed by atoms with E-state index in [0.717, 1.165) is 18.0 Å². The van der Waals surface area contributed by atoms with Crippen molar-refractivity contribution in [3.8, 4) is 0 Å². The van der Waals surface area contributed by atoms with E-state index in [9.17, 15) is 4.79 Å². The molecule has 1 unspecified atom stereocenters. The number of hydrogen-bond donors (Lipinski definition) is 1. The summed E-state index contributed by atoms with van der Waals surface area (Å²) in [6.45, 7) is 3.94. The van der Waals surface area contributed by atoms with Crippen molar-refractivity contribution in [1.29, 1.82) is 0 Å². The van der Waals surface area contributed by atoms with Crippen molar-refractivity contribution >= 4 is 23.5 Å². The van der Waals surface area contributed by atoms with E-state index in [2.05, 4.69) is 28.2 Å². The summed E-state index contributed by atoms with van der Waals surface area (Å²) in [5.41, 5.74) is 1.20. The minimum atomic E-state index is -0.345. The van der Waals surface area contributed by atoms with Gasteiger partial charge in [0.2, 0.25) is 0 Å². The van der Waals surface area contributed by atoms with Crippen LogP contribution in [0.1, 0.15) is 29.4 Å². The Labute approximate surface area is 113 Å². The van der Waals surface area contributed by atoms with E-state index < -0.39 is 0 Å². The molecule has 1 atom stereocenters. The van der Waals surface area contributed by atoms with Crippen molar-refractivity contribution in [2.75, 3.05) is 24.4 Å². The molecule has 1 aromatic rings. The van der Waals surface area contributed by atoms with E-state index >= 15 is 0 Å². The van der Waals surface area contributed by atoms with Gasteiger partial charge in [0.05, 0.1) is 18.4 Å². The molecule has 1 aromatic heterocycles. The Kier molecular flexibility index (Phi) is 5.98. The third-order valence-electron chi connectivity index (χ3n) is 2.64. The molecule has 0 aliphatic heterocycles. The van der Waals surface area contributed by atoms with Gasteiger partial charge in [-0.05, 0) is 44.4 Å². The van der Waals surface area contributed by atoms with Gasteiger partial charge in [0.1, 0.15) is 5.82 Å². The average molecular weight is 268 g/mol. The lowest BCUT2D eigenvalue weighted by molar-refractivity contribution is 0.0599. The van der Waals surface area contributed by atoms with Crippen LogP contribution in [0.25, 0.3) is 0 Å². The van der Waals surface area contributed by atoms with Crippen LogP contribution in [0.3, 0.4) is 0 Å². The normalized spacial score (nSPS) is 12.0. The molecule has 0 spiro atoms. The molecule has 0 aliphatic rings. The van der Waals surface area contributed by atoms with E-state index in [-0.39, 0.29) is 5.97 Å². The van der Waals surface area contributed by atoms with Crippen LogP contribution in [-0.4, -0.2) is 36.1 Å². The summed E-state index contributed by atoms with van der Waals surface area (Å²) in [5.74, 6) is 1.57. The highest BCUT2D eigenvalue weighted by atomic mass is 32.2. The summed E-state index contributed by atoms with van der Waals surface area (Å²) < 4.78 is 4.69. The molecule has 0 amide bonds. The second-order valence-electron chi connectivity index (χ2n) is 4.15. The Hall–Kier alpha value is -1.23. The lowest BCUT2D eigenvalue weighted by Crippen LogP contribution is -2.17. The summed E-state index contributed by atoms with van der Waals surface area (Å²) in [6.07, 6.45) is 3.18. The third kappa shape index (κ3) is 4.22. The van der Waals surface area contributed by atoms with Crippen molar-refractivity contribution in [2.45, 2.75) is 26.3 Å². The van der Waals surface area contributed by atoms with E-state index in [1.165, 1.54) is 7.11 Å². The molecule has 0 fully saturated rings. The van der Waals surface area contributed by atoms with Crippen LogP contribution in [0.15, 0.2) is 12.1 Å². The summed E-state index contributed by atoms with van der Waals surface area (Å²) in [4.78, 5) is 15.8. The van der Waals surface area contributed by atoms with Gasteiger partial charge in [-0.3, -0.25) is 0 Å². The van der Waals surface area contributed by atoms with Crippen LogP contribution in [0, 0.1) is 6.92 Å². The smallest absolute Gasteiger partial charge is 0.339 e. The number of hydrogen-bond acceptors (Lipinski definition) is 5. The average Bonchev–Trinajstić information content (AvgIpc) is 2.35. The van der Waals surface area contributed by atoms with Gasteiger partial charge >= 0.3 is 5.97 Å². The number of rotatable bonds is 6. The van der Waals surface area contributed by atoms with Crippen molar-refractivity contribution in [3.63, 3.8) is 0 Å². The van der Waals surface area contributed by atoms with Crippen molar-refractivity contribution in [1.82, 2.24) is 4.98 Å². The van der Waals surface area contributed by atoms with Gasteiger partial charge in [0.15, 0.2) is 0 Å². The third-order valence-corrected chi connectivity index (χ3v) is 3.28. The monoisotopic (exact) mass is 268 g/mol. The molecule has 0 aliphatic carbocycles. The SMILES string of the molecule is COC(=O)c1ccc(NC(C)CCSC)nc1C. The van der Waals surface area contributed by atoms with Gasteiger partial charge in [-0.15, -0.1) is 0 Å². The maximum Gasteiger partial charge on any atom is 0.339 e. The van der Waals surface area contributed by atoms with E-state index in [1.807, 2.05) is 24.8 Å². The molecule has 4 nitrogen and oxygen atoms in total. The molecular formula is C13H20N2O2S. The highest BCUT2D eigenvalue weighted by molar-refractivity contribution is 7.98. The van der Waals surface area contributed by atoms with Crippen LogP contribution in [0.2, 0.25) is 0 Å². The first kappa shape index (κ1) is 14.8. The minimum absolute atomic E-state index is 0.345. The van der Waals surface area contributed by atoms with Crippen molar-refractivity contribution in [2.24, 2.45) is 0 Å². The number of nitrogens with zero attached hydrogens (tertiary/aromatic N) is 1. The highest BCUT2D eigenvalue weighted by Gasteiger charge is 2.11. The fraction of sp³-hybridized carbons (Fsp3) is 0.538.